The first-order chi connectivity index (χ1) is 8.06. The lowest BCUT2D eigenvalue weighted by Gasteiger charge is -2.07. The van der Waals surface area contributed by atoms with Crippen LogP contribution in [-0.4, -0.2) is 28.8 Å². The van der Waals surface area contributed by atoms with Gasteiger partial charge < -0.3 is 10.6 Å². The number of hydrogen-bond donors (Lipinski definition) is 2. The quantitative estimate of drug-likeness (QED) is 0.776. The molecule has 1 aromatic rings. The van der Waals surface area contributed by atoms with Crippen LogP contribution in [0.5, 0.6) is 0 Å². The smallest absolute Gasteiger partial charge is 0.216 e. The molecule has 17 heavy (non-hydrogen) atoms. The highest BCUT2D eigenvalue weighted by molar-refractivity contribution is 9.10. The van der Waals surface area contributed by atoms with Crippen molar-refractivity contribution in [2.24, 2.45) is 0 Å². The molecule has 0 fully saturated rings. The summed E-state index contributed by atoms with van der Waals surface area (Å²) in [6, 6.07) is 0. The van der Waals surface area contributed by atoms with Gasteiger partial charge in [0.05, 0.1) is 15.9 Å². The molecule has 0 atom stereocenters. The first-order valence-electron chi connectivity index (χ1n) is 5.73. The highest BCUT2D eigenvalue weighted by atomic mass is 79.9. The van der Waals surface area contributed by atoms with Crippen molar-refractivity contribution in [1.29, 1.82) is 0 Å². The van der Waals surface area contributed by atoms with E-state index in [9.17, 15) is 4.79 Å². The van der Waals surface area contributed by atoms with Gasteiger partial charge >= 0.3 is 0 Å². The van der Waals surface area contributed by atoms with E-state index in [1.807, 2.05) is 11.6 Å². The summed E-state index contributed by atoms with van der Waals surface area (Å²) in [6.45, 7) is 8.57. The van der Waals surface area contributed by atoms with Gasteiger partial charge in [0.15, 0.2) is 0 Å². The average Bonchev–Trinajstić information content (AvgIpc) is 2.55. The Labute approximate surface area is 110 Å². The second kappa shape index (κ2) is 6.76. The summed E-state index contributed by atoms with van der Waals surface area (Å²) in [5.41, 5.74) is 2.15. The zero-order valence-corrected chi connectivity index (χ0v) is 12.1. The fourth-order valence-corrected chi connectivity index (χ4v) is 2.00. The molecular weight excluding hydrogens is 284 g/mol. The molecule has 0 aliphatic rings. The fraction of sp³-hybridized carbons (Fsp3) is 0.636. The van der Waals surface area contributed by atoms with Crippen LogP contribution in [0.2, 0.25) is 0 Å². The normalized spacial score (nSPS) is 10.6. The van der Waals surface area contributed by atoms with Gasteiger partial charge in [-0.15, -0.1) is 0 Å². The molecule has 1 heterocycles. The molecule has 6 heteroatoms. The van der Waals surface area contributed by atoms with Crippen LogP contribution in [0.4, 0.5) is 0 Å². The number of nitrogens with one attached hydrogen (secondary N) is 2. The molecule has 1 rings (SSSR count). The van der Waals surface area contributed by atoms with Gasteiger partial charge in [0.1, 0.15) is 0 Å². The molecule has 0 unspecified atom stereocenters. The topological polar surface area (TPSA) is 59.0 Å². The molecule has 1 amide bonds. The Morgan fingerprint density at radius 1 is 1.47 bits per heavy atom. The second-order valence-electron chi connectivity index (χ2n) is 3.82. The molecule has 96 valence electrons. The van der Waals surface area contributed by atoms with E-state index in [4.69, 9.17) is 0 Å². The van der Waals surface area contributed by atoms with Crippen LogP contribution < -0.4 is 10.6 Å². The number of halogens is 1. The number of carbonyl (C=O) groups excluding carboxylic acids is 1. The SMILES string of the molecule is CCn1nc(C)c(Br)c1CNCCNC(C)=O. The van der Waals surface area contributed by atoms with E-state index in [0.717, 1.165) is 35.5 Å². The van der Waals surface area contributed by atoms with E-state index in [-0.39, 0.29) is 5.91 Å². The molecule has 1 aromatic heterocycles. The summed E-state index contributed by atoms with van der Waals surface area (Å²) in [5, 5.41) is 10.4. The fourth-order valence-electron chi connectivity index (χ4n) is 1.57. The Bertz CT molecular complexity index is 389. The Kier molecular flexibility index (Phi) is 5.64. The second-order valence-corrected chi connectivity index (χ2v) is 4.61. The molecular formula is C11H19BrN4O. The average molecular weight is 303 g/mol. The number of hydrogen-bond acceptors (Lipinski definition) is 3. The molecule has 5 nitrogen and oxygen atoms in total. The molecule has 0 aromatic carbocycles. The Hall–Kier alpha value is -0.880. The third-order valence-corrected chi connectivity index (χ3v) is 3.45. The van der Waals surface area contributed by atoms with Crippen molar-refractivity contribution in [2.75, 3.05) is 13.1 Å². The highest BCUT2D eigenvalue weighted by Gasteiger charge is 2.10. The lowest BCUT2D eigenvalue weighted by atomic mass is 10.3. The van der Waals surface area contributed by atoms with Crippen LogP contribution in [-0.2, 0) is 17.9 Å². The third kappa shape index (κ3) is 4.12. The van der Waals surface area contributed by atoms with Gasteiger partial charge in [-0.2, -0.15) is 5.10 Å². The lowest BCUT2D eigenvalue weighted by Crippen LogP contribution is -2.30. The van der Waals surface area contributed by atoms with Crippen molar-refractivity contribution >= 4 is 21.8 Å². The van der Waals surface area contributed by atoms with E-state index in [1.54, 1.807) is 0 Å². The molecule has 0 aliphatic heterocycles. The maximum atomic E-state index is 10.7. The number of amides is 1. The molecule has 0 saturated heterocycles. The maximum Gasteiger partial charge on any atom is 0.216 e. The highest BCUT2D eigenvalue weighted by Crippen LogP contribution is 2.20. The minimum atomic E-state index is 0.00225. The maximum absolute atomic E-state index is 10.7. The third-order valence-electron chi connectivity index (χ3n) is 2.42. The number of rotatable bonds is 6. The summed E-state index contributed by atoms with van der Waals surface area (Å²) in [4.78, 5) is 10.7. The minimum absolute atomic E-state index is 0.00225. The predicted octanol–water partition coefficient (Wildman–Crippen LogP) is 1.20. The van der Waals surface area contributed by atoms with Gasteiger partial charge in [0.25, 0.3) is 0 Å². The molecule has 0 spiro atoms. The van der Waals surface area contributed by atoms with Crippen molar-refractivity contribution in [3.05, 3.63) is 15.9 Å². The van der Waals surface area contributed by atoms with Crippen LogP contribution >= 0.6 is 15.9 Å². The summed E-state index contributed by atoms with van der Waals surface area (Å²) in [6.07, 6.45) is 0. The van der Waals surface area contributed by atoms with Crippen molar-refractivity contribution < 1.29 is 4.79 Å². The summed E-state index contributed by atoms with van der Waals surface area (Å²) in [5.74, 6) is 0.00225. The van der Waals surface area contributed by atoms with Gasteiger partial charge in [-0.3, -0.25) is 9.48 Å². The van der Waals surface area contributed by atoms with Gasteiger partial charge in [-0.05, 0) is 29.8 Å². The summed E-state index contributed by atoms with van der Waals surface area (Å²) in [7, 11) is 0. The first kappa shape index (κ1) is 14.2. The molecule has 0 bridgehead atoms. The Morgan fingerprint density at radius 2 is 2.18 bits per heavy atom. The summed E-state index contributed by atoms with van der Waals surface area (Å²) >= 11 is 3.54. The van der Waals surface area contributed by atoms with E-state index in [0.29, 0.717) is 6.54 Å². The van der Waals surface area contributed by atoms with Gasteiger partial charge in [-0.1, -0.05) is 0 Å². The molecule has 0 aliphatic carbocycles. The number of carbonyl (C=O) groups is 1. The zero-order chi connectivity index (χ0) is 12.8. The lowest BCUT2D eigenvalue weighted by molar-refractivity contribution is -0.118. The van der Waals surface area contributed by atoms with Crippen molar-refractivity contribution in [2.45, 2.75) is 33.9 Å². The van der Waals surface area contributed by atoms with E-state index in [1.165, 1.54) is 6.92 Å². The number of aromatic nitrogens is 2. The van der Waals surface area contributed by atoms with Crippen LogP contribution in [0.15, 0.2) is 4.47 Å². The zero-order valence-electron chi connectivity index (χ0n) is 10.5. The van der Waals surface area contributed by atoms with Crippen LogP contribution in [0.25, 0.3) is 0 Å². The van der Waals surface area contributed by atoms with Crippen molar-refractivity contribution in [3.63, 3.8) is 0 Å². The summed E-state index contributed by atoms with van der Waals surface area (Å²) < 4.78 is 3.04. The van der Waals surface area contributed by atoms with Crippen molar-refractivity contribution in [3.8, 4) is 0 Å². The standard InChI is InChI=1S/C11H19BrN4O/c1-4-16-10(11(12)8(2)15-16)7-13-5-6-14-9(3)17/h13H,4-7H2,1-3H3,(H,14,17). The largest absolute Gasteiger partial charge is 0.355 e. The number of nitrogens with zero attached hydrogens (tertiary/aromatic N) is 2. The van der Waals surface area contributed by atoms with Gasteiger partial charge in [-0.25, -0.2) is 0 Å². The van der Waals surface area contributed by atoms with Crippen molar-refractivity contribution in [1.82, 2.24) is 20.4 Å². The Morgan fingerprint density at radius 3 is 2.76 bits per heavy atom. The molecule has 0 saturated carbocycles. The minimum Gasteiger partial charge on any atom is -0.355 e. The number of aryl methyl sites for hydroxylation is 2. The monoisotopic (exact) mass is 302 g/mol. The predicted molar refractivity (Wildman–Crippen MR) is 70.7 cm³/mol. The van der Waals surface area contributed by atoms with E-state index < -0.39 is 0 Å². The van der Waals surface area contributed by atoms with E-state index in [2.05, 4.69) is 38.6 Å². The molecule has 0 radical (unpaired) electrons. The van der Waals surface area contributed by atoms with Crippen LogP contribution in [0.3, 0.4) is 0 Å². The van der Waals surface area contributed by atoms with Crippen LogP contribution in [0.1, 0.15) is 25.2 Å². The van der Waals surface area contributed by atoms with Gasteiger partial charge in [0.2, 0.25) is 5.91 Å². The van der Waals surface area contributed by atoms with E-state index >= 15 is 0 Å². The Balaban J connectivity index is 2.43. The van der Waals surface area contributed by atoms with Gasteiger partial charge in [0, 0.05) is 33.1 Å². The van der Waals surface area contributed by atoms with Crippen LogP contribution in [0, 0.1) is 6.92 Å². The molecule has 2 N–H and O–H groups in total. The first-order valence-corrected chi connectivity index (χ1v) is 6.52.